The number of amides is 2. The predicted octanol–water partition coefficient (Wildman–Crippen LogP) is 2.30. The molecule has 0 spiro atoms. The van der Waals surface area contributed by atoms with Gasteiger partial charge in [0, 0.05) is 18.9 Å². The average Bonchev–Trinajstić information content (AvgIpc) is 3.33. The first-order chi connectivity index (χ1) is 13.0. The van der Waals surface area contributed by atoms with Crippen molar-refractivity contribution in [3.8, 4) is 0 Å². The van der Waals surface area contributed by atoms with Crippen molar-refractivity contribution < 1.29 is 19.5 Å². The van der Waals surface area contributed by atoms with Gasteiger partial charge in [0.1, 0.15) is 12.2 Å². The standard InChI is InChI=1S/C19H18N4O4/c24-17(13-22(19(26)27)12-14-6-2-1-3-7-14)21-23-11-5-9-16(23)18(25)15-8-4-10-20-15/h1-11,20H,12-13H2,(H,21,24)(H,26,27). The Morgan fingerprint density at radius 1 is 1.04 bits per heavy atom. The molecule has 0 unspecified atom stereocenters. The Labute approximate surface area is 155 Å². The second-order valence-corrected chi connectivity index (χ2v) is 5.84. The van der Waals surface area contributed by atoms with Crippen LogP contribution in [0.2, 0.25) is 0 Å². The van der Waals surface area contributed by atoms with Crippen LogP contribution in [0.1, 0.15) is 21.7 Å². The van der Waals surface area contributed by atoms with Crippen molar-refractivity contribution in [3.63, 3.8) is 0 Å². The van der Waals surface area contributed by atoms with Gasteiger partial charge in [0.15, 0.2) is 0 Å². The van der Waals surface area contributed by atoms with Crippen LogP contribution in [0.15, 0.2) is 67.0 Å². The number of ketones is 1. The smallest absolute Gasteiger partial charge is 0.408 e. The van der Waals surface area contributed by atoms with Crippen LogP contribution in [0.4, 0.5) is 4.79 Å². The largest absolute Gasteiger partial charge is 0.465 e. The number of H-pyrrole nitrogens is 1. The predicted molar refractivity (Wildman–Crippen MR) is 97.9 cm³/mol. The Balaban J connectivity index is 1.67. The van der Waals surface area contributed by atoms with Gasteiger partial charge in [-0.2, -0.15) is 0 Å². The maximum Gasteiger partial charge on any atom is 0.408 e. The van der Waals surface area contributed by atoms with E-state index in [1.54, 1.807) is 54.7 Å². The first kappa shape index (κ1) is 18.0. The molecule has 0 bridgehead atoms. The van der Waals surface area contributed by atoms with E-state index < -0.39 is 12.0 Å². The first-order valence-electron chi connectivity index (χ1n) is 8.21. The Bertz CT molecular complexity index is 932. The van der Waals surface area contributed by atoms with E-state index in [-0.39, 0.29) is 24.6 Å². The minimum Gasteiger partial charge on any atom is -0.465 e. The summed E-state index contributed by atoms with van der Waals surface area (Å²) in [5, 5.41) is 9.36. The van der Waals surface area contributed by atoms with E-state index in [0.717, 1.165) is 10.5 Å². The third kappa shape index (κ3) is 4.43. The van der Waals surface area contributed by atoms with E-state index >= 15 is 0 Å². The molecule has 0 radical (unpaired) electrons. The van der Waals surface area contributed by atoms with Gasteiger partial charge in [-0.1, -0.05) is 30.3 Å². The molecule has 0 fully saturated rings. The van der Waals surface area contributed by atoms with Gasteiger partial charge in [-0.3, -0.25) is 24.6 Å². The fourth-order valence-corrected chi connectivity index (χ4v) is 2.61. The summed E-state index contributed by atoms with van der Waals surface area (Å²) in [5.74, 6) is -0.838. The van der Waals surface area contributed by atoms with Crippen molar-refractivity contribution >= 4 is 17.8 Å². The molecule has 138 valence electrons. The third-order valence-electron chi connectivity index (χ3n) is 3.89. The highest BCUT2D eigenvalue weighted by molar-refractivity contribution is 6.07. The number of carbonyl (C=O) groups is 3. The molecular weight excluding hydrogens is 348 g/mol. The van der Waals surface area contributed by atoms with Crippen LogP contribution in [0.3, 0.4) is 0 Å². The Kier molecular flexibility index (Phi) is 5.36. The zero-order chi connectivity index (χ0) is 19.2. The summed E-state index contributed by atoms with van der Waals surface area (Å²) < 4.78 is 1.29. The molecule has 3 aromatic rings. The monoisotopic (exact) mass is 366 g/mol. The number of aromatic nitrogens is 2. The SMILES string of the molecule is O=C(CN(Cc1ccccc1)C(=O)O)Nn1cccc1C(=O)c1ccc[nH]1. The molecule has 2 aromatic heterocycles. The summed E-state index contributed by atoms with van der Waals surface area (Å²) in [7, 11) is 0. The van der Waals surface area contributed by atoms with E-state index in [0.29, 0.717) is 5.69 Å². The van der Waals surface area contributed by atoms with Gasteiger partial charge in [-0.05, 0) is 29.8 Å². The van der Waals surface area contributed by atoms with Crippen LogP contribution in [-0.2, 0) is 11.3 Å². The number of carbonyl (C=O) groups excluding carboxylic acids is 2. The van der Waals surface area contributed by atoms with Crippen LogP contribution in [-0.4, -0.2) is 44.0 Å². The number of hydrogen-bond donors (Lipinski definition) is 3. The molecule has 1 aromatic carbocycles. The zero-order valence-corrected chi connectivity index (χ0v) is 14.3. The average molecular weight is 366 g/mol. The van der Waals surface area contributed by atoms with E-state index in [4.69, 9.17) is 0 Å². The molecule has 8 heteroatoms. The van der Waals surface area contributed by atoms with Crippen LogP contribution < -0.4 is 5.43 Å². The van der Waals surface area contributed by atoms with Gasteiger partial charge in [-0.25, -0.2) is 4.79 Å². The van der Waals surface area contributed by atoms with Gasteiger partial charge in [-0.15, -0.1) is 0 Å². The molecule has 2 heterocycles. The summed E-state index contributed by atoms with van der Waals surface area (Å²) in [6.07, 6.45) is 1.95. The highest BCUT2D eigenvalue weighted by Crippen LogP contribution is 2.09. The highest BCUT2D eigenvalue weighted by Gasteiger charge is 2.19. The lowest BCUT2D eigenvalue weighted by molar-refractivity contribution is -0.118. The lowest BCUT2D eigenvalue weighted by Crippen LogP contribution is -2.39. The second-order valence-electron chi connectivity index (χ2n) is 5.84. The molecule has 0 saturated carbocycles. The lowest BCUT2D eigenvalue weighted by Gasteiger charge is -2.19. The quantitative estimate of drug-likeness (QED) is 0.558. The summed E-state index contributed by atoms with van der Waals surface area (Å²) >= 11 is 0. The maximum atomic E-state index is 12.4. The van der Waals surface area contributed by atoms with Gasteiger partial charge < -0.3 is 10.1 Å². The van der Waals surface area contributed by atoms with Gasteiger partial charge in [0.25, 0.3) is 5.91 Å². The molecule has 3 rings (SSSR count). The Hall–Kier alpha value is -3.81. The Morgan fingerprint density at radius 2 is 1.81 bits per heavy atom. The second kappa shape index (κ2) is 8.05. The Morgan fingerprint density at radius 3 is 2.48 bits per heavy atom. The van der Waals surface area contributed by atoms with Crippen LogP contribution in [0, 0.1) is 0 Å². The zero-order valence-electron chi connectivity index (χ0n) is 14.3. The number of aromatic amines is 1. The van der Waals surface area contributed by atoms with E-state index in [2.05, 4.69) is 10.4 Å². The molecule has 0 aliphatic rings. The van der Waals surface area contributed by atoms with Gasteiger partial charge >= 0.3 is 6.09 Å². The molecule has 0 saturated heterocycles. The van der Waals surface area contributed by atoms with Crippen molar-refractivity contribution in [1.29, 1.82) is 0 Å². The van der Waals surface area contributed by atoms with E-state index in [1.165, 1.54) is 10.9 Å². The third-order valence-corrected chi connectivity index (χ3v) is 3.89. The van der Waals surface area contributed by atoms with Crippen molar-refractivity contribution in [2.45, 2.75) is 6.54 Å². The molecular formula is C19H18N4O4. The fraction of sp³-hybridized carbons (Fsp3) is 0.105. The molecule has 27 heavy (non-hydrogen) atoms. The number of nitrogens with one attached hydrogen (secondary N) is 2. The van der Waals surface area contributed by atoms with Crippen LogP contribution in [0.25, 0.3) is 0 Å². The normalized spacial score (nSPS) is 10.4. The minimum absolute atomic E-state index is 0.0868. The van der Waals surface area contributed by atoms with E-state index in [1.807, 2.05) is 6.07 Å². The number of carboxylic acid groups (broad SMARTS) is 1. The molecule has 2 amide bonds. The maximum absolute atomic E-state index is 12.4. The lowest BCUT2D eigenvalue weighted by atomic mass is 10.2. The number of benzene rings is 1. The number of rotatable bonds is 7. The van der Waals surface area contributed by atoms with Gasteiger partial charge in [0.2, 0.25) is 5.78 Å². The van der Waals surface area contributed by atoms with Crippen molar-refractivity contribution in [1.82, 2.24) is 14.6 Å². The number of nitrogens with zero attached hydrogens (tertiary/aromatic N) is 2. The summed E-state index contributed by atoms with van der Waals surface area (Å²) in [5.41, 5.74) is 3.97. The van der Waals surface area contributed by atoms with Crippen molar-refractivity contribution in [2.24, 2.45) is 0 Å². The molecule has 0 aliphatic carbocycles. The summed E-state index contributed by atoms with van der Waals surface area (Å²) in [6.45, 7) is -0.276. The van der Waals surface area contributed by atoms with Crippen molar-refractivity contribution in [3.05, 3.63) is 83.9 Å². The first-order valence-corrected chi connectivity index (χ1v) is 8.21. The van der Waals surface area contributed by atoms with Crippen LogP contribution in [0.5, 0.6) is 0 Å². The van der Waals surface area contributed by atoms with E-state index in [9.17, 15) is 19.5 Å². The van der Waals surface area contributed by atoms with Crippen LogP contribution >= 0.6 is 0 Å². The summed E-state index contributed by atoms with van der Waals surface area (Å²) in [4.78, 5) is 40.0. The molecule has 0 atom stereocenters. The fourth-order valence-electron chi connectivity index (χ4n) is 2.61. The molecule has 0 aliphatic heterocycles. The topological polar surface area (TPSA) is 107 Å². The number of hydrogen-bond acceptors (Lipinski definition) is 3. The van der Waals surface area contributed by atoms with Gasteiger partial charge in [0.05, 0.1) is 5.69 Å². The van der Waals surface area contributed by atoms with Crippen molar-refractivity contribution in [2.75, 3.05) is 12.0 Å². The highest BCUT2D eigenvalue weighted by atomic mass is 16.4. The minimum atomic E-state index is -1.20. The molecule has 3 N–H and O–H groups in total. The molecule has 8 nitrogen and oxygen atoms in total. The summed E-state index contributed by atoms with van der Waals surface area (Å²) in [6, 6.07) is 15.5.